The molecule has 1 aliphatic heterocycles. The lowest BCUT2D eigenvalue weighted by Crippen LogP contribution is -2.24. The van der Waals surface area contributed by atoms with Crippen LogP contribution in [0.1, 0.15) is 23.7 Å². The summed E-state index contributed by atoms with van der Waals surface area (Å²) in [6.07, 6.45) is 0.310. The molecule has 5 nitrogen and oxygen atoms in total. The van der Waals surface area contributed by atoms with Crippen molar-refractivity contribution in [1.82, 2.24) is 10.1 Å². The molecular weight excluding hydrogens is 321 g/mol. The van der Waals surface area contributed by atoms with Crippen molar-refractivity contribution in [1.29, 1.82) is 0 Å². The third-order valence-corrected chi connectivity index (χ3v) is 4.37. The summed E-state index contributed by atoms with van der Waals surface area (Å²) in [5, 5.41) is 4.05. The topological polar surface area (TPSA) is 59.2 Å². The van der Waals surface area contributed by atoms with E-state index in [0.29, 0.717) is 30.4 Å². The van der Waals surface area contributed by atoms with Gasteiger partial charge in [0, 0.05) is 30.1 Å². The Balaban J connectivity index is 1.54. The Morgan fingerprint density at radius 3 is 2.56 bits per heavy atom. The second-order valence-electron chi connectivity index (χ2n) is 6.21. The monoisotopic (exact) mass is 337 g/mol. The van der Waals surface area contributed by atoms with Crippen LogP contribution in [0.4, 0.5) is 10.1 Å². The number of amides is 1. The number of anilines is 1. The smallest absolute Gasteiger partial charge is 0.257 e. The summed E-state index contributed by atoms with van der Waals surface area (Å²) in [4.78, 5) is 18.4. The van der Waals surface area contributed by atoms with Crippen LogP contribution < -0.4 is 4.90 Å². The van der Waals surface area contributed by atoms with Gasteiger partial charge < -0.3 is 9.42 Å². The summed E-state index contributed by atoms with van der Waals surface area (Å²) in [5.41, 5.74) is 2.68. The molecule has 2 aromatic carbocycles. The molecule has 1 saturated heterocycles. The first kappa shape index (κ1) is 15.5. The molecule has 0 bridgehead atoms. The zero-order valence-electron chi connectivity index (χ0n) is 13.6. The summed E-state index contributed by atoms with van der Waals surface area (Å²) >= 11 is 0. The van der Waals surface area contributed by atoms with Gasteiger partial charge in [-0.05, 0) is 43.3 Å². The van der Waals surface area contributed by atoms with Gasteiger partial charge >= 0.3 is 0 Å². The summed E-state index contributed by atoms with van der Waals surface area (Å²) < 4.78 is 18.4. The van der Waals surface area contributed by atoms with Gasteiger partial charge in [-0.25, -0.2) is 4.39 Å². The van der Waals surface area contributed by atoms with Crippen LogP contribution >= 0.6 is 0 Å². The lowest BCUT2D eigenvalue weighted by Gasteiger charge is -2.15. The molecule has 126 valence electrons. The molecule has 0 spiro atoms. The van der Waals surface area contributed by atoms with Crippen molar-refractivity contribution >= 4 is 11.6 Å². The number of aryl methyl sites for hydroxylation is 1. The van der Waals surface area contributed by atoms with Gasteiger partial charge in [-0.3, -0.25) is 4.79 Å². The maximum atomic E-state index is 13.1. The Labute approximate surface area is 144 Å². The third-order valence-electron chi connectivity index (χ3n) is 4.37. The Morgan fingerprint density at radius 1 is 1.12 bits per heavy atom. The molecule has 1 amide bonds. The van der Waals surface area contributed by atoms with E-state index in [0.717, 1.165) is 11.1 Å². The highest BCUT2D eigenvalue weighted by Crippen LogP contribution is 2.31. The molecule has 6 heteroatoms. The molecule has 3 aromatic rings. The molecule has 0 aliphatic carbocycles. The molecule has 25 heavy (non-hydrogen) atoms. The van der Waals surface area contributed by atoms with Crippen LogP contribution in [0.3, 0.4) is 0 Å². The fourth-order valence-electron chi connectivity index (χ4n) is 2.97. The molecular formula is C19H16FN3O2. The van der Waals surface area contributed by atoms with Gasteiger partial charge in [-0.15, -0.1) is 0 Å². The number of hydrogen-bond donors (Lipinski definition) is 0. The number of carbonyl (C=O) groups is 1. The molecule has 4 rings (SSSR count). The molecule has 1 aromatic heterocycles. The van der Waals surface area contributed by atoms with Gasteiger partial charge in [-0.2, -0.15) is 4.98 Å². The molecule has 0 radical (unpaired) electrons. The average Bonchev–Trinajstić information content (AvgIpc) is 3.23. The van der Waals surface area contributed by atoms with E-state index in [1.807, 2.05) is 31.2 Å². The van der Waals surface area contributed by atoms with E-state index >= 15 is 0 Å². The van der Waals surface area contributed by atoms with Gasteiger partial charge in [-0.1, -0.05) is 22.9 Å². The van der Waals surface area contributed by atoms with Crippen molar-refractivity contribution in [2.75, 3.05) is 11.4 Å². The number of aromatic nitrogens is 2. The number of nitrogens with zero attached hydrogens (tertiary/aromatic N) is 3. The normalized spacial score (nSPS) is 17.3. The van der Waals surface area contributed by atoms with Gasteiger partial charge in [0.05, 0.1) is 0 Å². The lowest BCUT2D eigenvalue weighted by atomic mass is 10.1. The van der Waals surface area contributed by atoms with Crippen LogP contribution in [0.5, 0.6) is 0 Å². The van der Waals surface area contributed by atoms with E-state index in [1.54, 1.807) is 17.0 Å². The van der Waals surface area contributed by atoms with Crippen LogP contribution in [0.2, 0.25) is 0 Å². The second-order valence-corrected chi connectivity index (χ2v) is 6.21. The van der Waals surface area contributed by atoms with E-state index in [-0.39, 0.29) is 17.6 Å². The number of rotatable bonds is 3. The van der Waals surface area contributed by atoms with E-state index < -0.39 is 0 Å². The third kappa shape index (κ3) is 3.03. The minimum atomic E-state index is -0.326. The molecule has 0 N–H and O–H groups in total. The van der Waals surface area contributed by atoms with Crippen molar-refractivity contribution in [3.63, 3.8) is 0 Å². The van der Waals surface area contributed by atoms with Gasteiger partial charge in [0.2, 0.25) is 5.91 Å². The maximum absolute atomic E-state index is 13.1. The van der Waals surface area contributed by atoms with Crippen molar-refractivity contribution in [3.8, 4) is 11.5 Å². The van der Waals surface area contributed by atoms with Crippen LogP contribution in [-0.4, -0.2) is 22.6 Å². The van der Waals surface area contributed by atoms with E-state index in [9.17, 15) is 9.18 Å². The minimum absolute atomic E-state index is 0.0294. The zero-order valence-corrected chi connectivity index (χ0v) is 13.6. The first-order valence-electron chi connectivity index (χ1n) is 8.07. The van der Waals surface area contributed by atoms with Crippen LogP contribution in [0, 0.1) is 12.7 Å². The SMILES string of the molecule is Cc1ccc(-c2nc([C@@H]3CC(=O)N(c4ccc(F)cc4)C3)no2)cc1. The van der Waals surface area contributed by atoms with Gasteiger partial charge in [0.15, 0.2) is 5.82 Å². The summed E-state index contributed by atoms with van der Waals surface area (Å²) in [7, 11) is 0. The second kappa shape index (κ2) is 6.12. The zero-order chi connectivity index (χ0) is 17.4. The van der Waals surface area contributed by atoms with Gasteiger partial charge in [0.25, 0.3) is 5.89 Å². The van der Waals surface area contributed by atoms with Crippen molar-refractivity contribution in [3.05, 3.63) is 65.7 Å². The largest absolute Gasteiger partial charge is 0.334 e. The van der Waals surface area contributed by atoms with Crippen LogP contribution in [0.25, 0.3) is 11.5 Å². The number of halogens is 1. The minimum Gasteiger partial charge on any atom is -0.334 e. The standard InChI is InChI=1S/C19H16FN3O2/c1-12-2-4-13(5-3-12)19-21-18(22-25-19)14-10-17(24)23(11-14)16-8-6-15(20)7-9-16/h2-9,14H,10-11H2,1H3/t14-/m1/s1. The molecule has 1 fully saturated rings. The first-order valence-corrected chi connectivity index (χ1v) is 8.07. The van der Waals surface area contributed by atoms with Crippen molar-refractivity contribution < 1.29 is 13.7 Å². The fourth-order valence-corrected chi connectivity index (χ4v) is 2.97. The van der Waals surface area contributed by atoms with E-state index in [2.05, 4.69) is 10.1 Å². The number of benzene rings is 2. The molecule has 1 aliphatic rings. The predicted molar refractivity (Wildman–Crippen MR) is 90.6 cm³/mol. The molecule has 2 heterocycles. The van der Waals surface area contributed by atoms with E-state index in [1.165, 1.54) is 12.1 Å². The van der Waals surface area contributed by atoms with Crippen molar-refractivity contribution in [2.24, 2.45) is 0 Å². The number of carbonyl (C=O) groups excluding carboxylic acids is 1. The Hall–Kier alpha value is -3.02. The maximum Gasteiger partial charge on any atom is 0.257 e. The highest BCUT2D eigenvalue weighted by atomic mass is 19.1. The Bertz CT molecular complexity index is 903. The summed E-state index contributed by atoms with van der Waals surface area (Å²) in [5.74, 6) is 0.475. The van der Waals surface area contributed by atoms with Gasteiger partial charge in [0.1, 0.15) is 5.82 Å². The molecule has 1 atom stereocenters. The Kier molecular flexibility index (Phi) is 3.80. The average molecular weight is 337 g/mol. The number of hydrogen-bond acceptors (Lipinski definition) is 4. The molecule has 0 saturated carbocycles. The first-order chi connectivity index (χ1) is 12.1. The highest BCUT2D eigenvalue weighted by Gasteiger charge is 2.34. The summed E-state index contributed by atoms with van der Waals surface area (Å²) in [6, 6.07) is 13.7. The Morgan fingerprint density at radius 2 is 1.84 bits per heavy atom. The van der Waals surface area contributed by atoms with E-state index in [4.69, 9.17) is 4.52 Å². The van der Waals surface area contributed by atoms with Crippen LogP contribution in [-0.2, 0) is 4.79 Å². The predicted octanol–water partition coefficient (Wildman–Crippen LogP) is 3.70. The molecule has 0 unspecified atom stereocenters. The summed E-state index contributed by atoms with van der Waals surface area (Å²) in [6.45, 7) is 2.47. The quantitative estimate of drug-likeness (QED) is 0.731. The van der Waals surface area contributed by atoms with Crippen LogP contribution in [0.15, 0.2) is 53.1 Å². The lowest BCUT2D eigenvalue weighted by molar-refractivity contribution is -0.117. The highest BCUT2D eigenvalue weighted by molar-refractivity contribution is 5.96. The van der Waals surface area contributed by atoms with Crippen molar-refractivity contribution in [2.45, 2.75) is 19.3 Å². The fraction of sp³-hybridized carbons (Fsp3) is 0.211.